The molecule has 5 nitrogen and oxygen atoms in total. The van der Waals surface area contributed by atoms with E-state index in [1.165, 1.54) is 6.92 Å². The molecule has 0 spiro atoms. The molecule has 0 aromatic carbocycles. The highest BCUT2D eigenvalue weighted by Gasteiger charge is 2.28. The van der Waals surface area contributed by atoms with Gasteiger partial charge in [-0.2, -0.15) is 0 Å². The molecule has 0 aromatic rings. The summed E-state index contributed by atoms with van der Waals surface area (Å²) < 4.78 is 0. The van der Waals surface area contributed by atoms with Crippen LogP contribution in [0.2, 0.25) is 0 Å². The fourth-order valence-electron chi connectivity index (χ4n) is 2.39. The third kappa shape index (κ3) is 5.09. The lowest BCUT2D eigenvalue weighted by atomic mass is 10.1. The number of amides is 2. The molecular weight excluding hydrogens is 244 g/mol. The molecule has 0 aliphatic heterocycles. The Hall–Kier alpha value is -1.26. The van der Waals surface area contributed by atoms with Gasteiger partial charge in [-0.3, -0.25) is 4.79 Å². The van der Waals surface area contributed by atoms with Crippen LogP contribution in [-0.2, 0) is 4.79 Å². The number of rotatable bonds is 6. The zero-order chi connectivity index (χ0) is 14.4. The van der Waals surface area contributed by atoms with E-state index in [9.17, 15) is 9.59 Å². The number of hydrogen-bond donors (Lipinski definition) is 2. The van der Waals surface area contributed by atoms with E-state index in [1.807, 2.05) is 4.90 Å². The van der Waals surface area contributed by atoms with Crippen LogP contribution in [0.4, 0.5) is 4.79 Å². The number of carbonyl (C=O) groups excluding carboxylic acids is 1. The Morgan fingerprint density at radius 1 is 1.26 bits per heavy atom. The minimum absolute atomic E-state index is 0.234. The van der Waals surface area contributed by atoms with Crippen molar-refractivity contribution in [2.75, 3.05) is 6.54 Å². The second-order valence-corrected chi connectivity index (χ2v) is 5.82. The van der Waals surface area contributed by atoms with Crippen LogP contribution in [0, 0.1) is 5.92 Å². The normalized spacial score (nSPS) is 17.5. The molecule has 1 rings (SSSR count). The maximum absolute atomic E-state index is 12.2. The van der Waals surface area contributed by atoms with Crippen molar-refractivity contribution in [1.82, 2.24) is 10.2 Å². The first-order valence-electron chi connectivity index (χ1n) is 7.21. The lowest BCUT2D eigenvalue weighted by molar-refractivity contribution is -0.138. The fraction of sp³-hybridized carbons (Fsp3) is 0.857. The Morgan fingerprint density at radius 2 is 1.84 bits per heavy atom. The zero-order valence-corrected chi connectivity index (χ0v) is 12.2. The van der Waals surface area contributed by atoms with Gasteiger partial charge in [-0.1, -0.05) is 26.7 Å². The smallest absolute Gasteiger partial charge is 0.325 e. The molecule has 0 bridgehead atoms. The monoisotopic (exact) mass is 270 g/mol. The van der Waals surface area contributed by atoms with Crippen molar-refractivity contribution in [3.63, 3.8) is 0 Å². The van der Waals surface area contributed by atoms with Crippen LogP contribution in [0.1, 0.15) is 52.9 Å². The van der Waals surface area contributed by atoms with Crippen molar-refractivity contribution in [3.8, 4) is 0 Å². The third-order valence-corrected chi connectivity index (χ3v) is 3.68. The summed E-state index contributed by atoms with van der Waals surface area (Å²) in [5.41, 5.74) is 0. The van der Waals surface area contributed by atoms with Gasteiger partial charge in [0.05, 0.1) is 0 Å². The third-order valence-electron chi connectivity index (χ3n) is 3.68. The van der Waals surface area contributed by atoms with E-state index in [0.29, 0.717) is 12.5 Å². The van der Waals surface area contributed by atoms with Crippen molar-refractivity contribution in [2.45, 2.75) is 65.0 Å². The Morgan fingerprint density at radius 3 is 2.32 bits per heavy atom. The molecule has 1 fully saturated rings. The van der Waals surface area contributed by atoms with E-state index in [2.05, 4.69) is 19.2 Å². The summed E-state index contributed by atoms with van der Waals surface area (Å²) in [4.78, 5) is 24.9. The van der Waals surface area contributed by atoms with Crippen LogP contribution in [0.25, 0.3) is 0 Å². The van der Waals surface area contributed by atoms with Crippen LogP contribution >= 0.6 is 0 Å². The number of carboxylic acid groups (broad SMARTS) is 1. The van der Waals surface area contributed by atoms with Gasteiger partial charge in [0.15, 0.2) is 0 Å². The van der Waals surface area contributed by atoms with Gasteiger partial charge in [0.1, 0.15) is 6.04 Å². The van der Waals surface area contributed by atoms with E-state index in [-0.39, 0.29) is 12.1 Å². The summed E-state index contributed by atoms with van der Waals surface area (Å²) in [5, 5.41) is 11.4. The molecular formula is C14H26N2O3. The SMILES string of the molecule is CC(C)CCN(C(=O)N[C@@H](C)C(=O)O)C1CCCC1. The second kappa shape index (κ2) is 7.36. The lowest BCUT2D eigenvalue weighted by Crippen LogP contribution is -2.50. The fourth-order valence-corrected chi connectivity index (χ4v) is 2.39. The Bertz CT molecular complexity index is 312. The first-order valence-corrected chi connectivity index (χ1v) is 7.21. The average molecular weight is 270 g/mol. The molecule has 1 saturated carbocycles. The molecule has 0 radical (unpaired) electrons. The van der Waals surface area contributed by atoms with Gasteiger partial charge in [-0.05, 0) is 32.1 Å². The molecule has 1 aliphatic carbocycles. The van der Waals surface area contributed by atoms with Crippen LogP contribution in [0.3, 0.4) is 0 Å². The molecule has 5 heteroatoms. The predicted octanol–water partition coefficient (Wildman–Crippen LogP) is 2.46. The minimum atomic E-state index is -0.997. The largest absolute Gasteiger partial charge is 0.480 e. The number of carboxylic acids is 1. The number of hydrogen-bond acceptors (Lipinski definition) is 2. The molecule has 1 aliphatic rings. The van der Waals surface area contributed by atoms with E-state index in [1.54, 1.807) is 0 Å². The zero-order valence-electron chi connectivity index (χ0n) is 12.2. The summed E-state index contributed by atoms with van der Waals surface area (Å²) in [6.07, 6.45) is 5.33. The van der Waals surface area contributed by atoms with E-state index < -0.39 is 12.0 Å². The number of carbonyl (C=O) groups is 2. The van der Waals surface area contributed by atoms with Gasteiger partial charge in [0.25, 0.3) is 0 Å². The average Bonchev–Trinajstić information content (AvgIpc) is 2.82. The summed E-state index contributed by atoms with van der Waals surface area (Å²) in [5.74, 6) is -0.461. The molecule has 0 aromatic heterocycles. The molecule has 0 saturated heterocycles. The molecule has 19 heavy (non-hydrogen) atoms. The highest BCUT2D eigenvalue weighted by molar-refractivity contribution is 5.82. The van der Waals surface area contributed by atoms with Crippen molar-refractivity contribution in [2.24, 2.45) is 5.92 Å². The van der Waals surface area contributed by atoms with Gasteiger partial charge in [-0.15, -0.1) is 0 Å². The van der Waals surface area contributed by atoms with E-state index in [0.717, 1.165) is 32.1 Å². The highest BCUT2D eigenvalue weighted by Crippen LogP contribution is 2.24. The van der Waals surface area contributed by atoms with Crippen LogP contribution < -0.4 is 5.32 Å². The maximum Gasteiger partial charge on any atom is 0.325 e. The summed E-state index contributed by atoms with van der Waals surface area (Å²) in [6.45, 7) is 6.46. The number of urea groups is 1. The van der Waals surface area contributed by atoms with Crippen LogP contribution in [0.5, 0.6) is 0 Å². The second-order valence-electron chi connectivity index (χ2n) is 5.82. The van der Waals surface area contributed by atoms with E-state index in [4.69, 9.17) is 5.11 Å². The molecule has 2 amide bonds. The standard InChI is InChI=1S/C14H26N2O3/c1-10(2)8-9-16(12-6-4-5-7-12)14(19)15-11(3)13(17)18/h10-12H,4-9H2,1-3H3,(H,15,19)(H,17,18)/t11-/m0/s1. The molecule has 0 unspecified atom stereocenters. The first-order chi connectivity index (χ1) is 8.91. The van der Waals surface area contributed by atoms with Crippen molar-refractivity contribution in [3.05, 3.63) is 0 Å². The number of nitrogens with one attached hydrogen (secondary N) is 1. The topological polar surface area (TPSA) is 69.6 Å². The van der Waals surface area contributed by atoms with Crippen molar-refractivity contribution >= 4 is 12.0 Å². The summed E-state index contributed by atoms with van der Waals surface area (Å²) >= 11 is 0. The summed E-state index contributed by atoms with van der Waals surface area (Å²) in [6, 6.07) is -0.794. The lowest BCUT2D eigenvalue weighted by Gasteiger charge is -2.30. The van der Waals surface area contributed by atoms with Gasteiger partial charge >= 0.3 is 12.0 Å². The Kier molecular flexibility index (Phi) is 6.12. The predicted molar refractivity (Wildman–Crippen MR) is 74.0 cm³/mol. The van der Waals surface area contributed by atoms with Crippen molar-refractivity contribution < 1.29 is 14.7 Å². The highest BCUT2D eigenvalue weighted by atomic mass is 16.4. The molecule has 110 valence electrons. The van der Waals surface area contributed by atoms with Gasteiger partial charge in [0.2, 0.25) is 0 Å². The number of aliphatic carboxylic acids is 1. The summed E-state index contributed by atoms with van der Waals surface area (Å²) in [7, 11) is 0. The minimum Gasteiger partial charge on any atom is -0.480 e. The molecule has 2 N–H and O–H groups in total. The van der Waals surface area contributed by atoms with Crippen LogP contribution in [-0.4, -0.2) is 40.6 Å². The van der Waals surface area contributed by atoms with Gasteiger partial charge < -0.3 is 15.3 Å². The Labute approximate surface area is 115 Å². The maximum atomic E-state index is 12.2. The van der Waals surface area contributed by atoms with Gasteiger partial charge in [-0.25, -0.2) is 4.79 Å². The first kappa shape index (κ1) is 15.8. The number of nitrogens with zero attached hydrogens (tertiary/aromatic N) is 1. The van der Waals surface area contributed by atoms with E-state index >= 15 is 0 Å². The molecule has 1 atom stereocenters. The van der Waals surface area contributed by atoms with Crippen LogP contribution in [0.15, 0.2) is 0 Å². The molecule has 0 heterocycles. The Balaban J connectivity index is 2.60. The quantitative estimate of drug-likeness (QED) is 0.779. The van der Waals surface area contributed by atoms with Crippen molar-refractivity contribution in [1.29, 1.82) is 0 Å². The van der Waals surface area contributed by atoms with Gasteiger partial charge in [0, 0.05) is 12.6 Å².